The second kappa shape index (κ2) is 4.62. The largest absolute Gasteiger partial charge is 0.197 e. The van der Waals surface area contributed by atoms with Gasteiger partial charge in [0.2, 0.25) is 0 Å². The van der Waals surface area contributed by atoms with E-state index in [2.05, 4.69) is 26.8 Å². The SMILES string of the molecule is CC(C#N)SC(C)C(C)C. The third-order valence-electron chi connectivity index (χ3n) is 1.54. The number of nitriles is 1. The summed E-state index contributed by atoms with van der Waals surface area (Å²) in [5.41, 5.74) is 0. The number of thioether (sulfide) groups is 1. The molecule has 0 fully saturated rings. The van der Waals surface area contributed by atoms with Gasteiger partial charge in [0.15, 0.2) is 0 Å². The Morgan fingerprint density at radius 2 is 1.70 bits per heavy atom. The van der Waals surface area contributed by atoms with Crippen molar-refractivity contribution in [2.24, 2.45) is 5.92 Å². The van der Waals surface area contributed by atoms with Gasteiger partial charge in [-0.25, -0.2) is 0 Å². The Kier molecular flexibility index (Phi) is 4.55. The van der Waals surface area contributed by atoms with Crippen LogP contribution in [0.5, 0.6) is 0 Å². The average Bonchev–Trinajstić information content (AvgIpc) is 1.87. The Morgan fingerprint density at radius 3 is 2.00 bits per heavy atom. The predicted octanol–water partition coefficient (Wildman–Crippen LogP) is 2.68. The van der Waals surface area contributed by atoms with Crippen molar-refractivity contribution in [2.45, 2.75) is 38.2 Å². The molecule has 0 N–H and O–H groups in total. The standard InChI is InChI=1S/C8H15NS/c1-6(2)8(4)10-7(3)5-9/h6-8H,1-4H3. The van der Waals surface area contributed by atoms with Crippen LogP contribution in [0.1, 0.15) is 27.7 Å². The van der Waals surface area contributed by atoms with Crippen molar-refractivity contribution in [1.29, 1.82) is 5.26 Å². The van der Waals surface area contributed by atoms with Crippen LogP contribution >= 0.6 is 11.8 Å². The molecule has 0 amide bonds. The van der Waals surface area contributed by atoms with Gasteiger partial charge in [-0.3, -0.25) is 0 Å². The van der Waals surface area contributed by atoms with E-state index >= 15 is 0 Å². The zero-order valence-electron chi connectivity index (χ0n) is 7.09. The van der Waals surface area contributed by atoms with E-state index in [1.807, 2.05) is 6.92 Å². The van der Waals surface area contributed by atoms with Gasteiger partial charge >= 0.3 is 0 Å². The predicted molar refractivity (Wildman–Crippen MR) is 47.0 cm³/mol. The molecule has 0 aliphatic heterocycles. The molecule has 0 spiro atoms. The molecule has 0 aromatic rings. The summed E-state index contributed by atoms with van der Waals surface area (Å²) < 4.78 is 0. The molecule has 0 aromatic heterocycles. The van der Waals surface area contributed by atoms with Crippen molar-refractivity contribution in [1.82, 2.24) is 0 Å². The molecule has 0 radical (unpaired) electrons. The first-order valence-electron chi connectivity index (χ1n) is 3.63. The van der Waals surface area contributed by atoms with E-state index in [0.717, 1.165) is 0 Å². The van der Waals surface area contributed by atoms with Gasteiger partial charge < -0.3 is 0 Å². The van der Waals surface area contributed by atoms with Crippen LogP contribution in [-0.2, 0) is 0 Å². The number of rotatable bonds is 3. The molecule has 1 nitrogen and oxygen atoms in total. The Morgan fingerprint density at radius 1 is 1.20 bits per heavy atom. The van der Waals surface area contributed by atoms with Crippen LogP contribution in [0.4, 0.5) is 0 Å². The molecule has 0 saturated heterocycles. The first-order chi connectivity index (χ1) is 4.57. The number of hydrogen-bond acceptors (Lipinski definition) is 2. The highest BCUT2D eigenvalue weighted by Gasteiger charge is 2.10. The Hall–Kier alpha value is -0.160. The molecule has 10 heavy (non-hydrogen) atoms. The molecule has 0 aliphatic carbocycles. The molecule has 58 valence electrons. The fraction of sp³-hybridized carbons (Fsp3) is 0.875. The van der Waals surface area contributed by atoms with Gasteiger partial charge in [-0.2, -0.15) is 5.26 Å². The zero-order chi connectivity index (χ0) is 8.15. The van der Waals surface area contributed by atoms with Gasteiger partial charge in [0.1, 0.15) is 0 Å². The van der Waals surface area contributed by atoms with Crippen LogP contribution in [0.3, 0.4) is 0 Å². The first-order valence-corrected chi connectivity index (χ1v) is 4.57. The minimum absolute atomic E-state index is 0.136. The quantitative estimate of drug-likeness (QED) is 0.629. The van der Waals surface area contributed by atoms with E-state index in [0.29, 0.717) is 11.2 Å². The van der Waals surface area contributed by atoms with E-state index in [1.54, 1.807) is 11.8 Å². The van der Waals surface area contributed by atoms with Gasteiger partial charge in [0, 0.05) is 5.25 Å². The molecule has 2 unspecified atom stereocenters. The van der Waals surface area contributed by atoms with Crippen LogP contribution in [-0.4, -0.2) is 10.5 Å². The van der Waals surface area contributed by atoms with E-state index in [1.165, 1.54) is 0 Å². The van der Waals surface area contributed by atoms with Gasteiger partial charge in [-0.05, 0) is 12.8 Å². The van der Waals surface area contributed by atoms with Crippen LogP contribution < -0.4 is 0 Å². The summed E-state index contributed by atoms with van der Waals surface area (Å²) in [7, 11) is 0. The van der Waals surface area contributed by atoms with Crippen molar-refractivity contribution >= 4 is 11.8 Å². The smallest absolute Gasteiger partial charge is 0.0891 e. The van der Waals surface area contributed by atoms with Crippen LogP contribution in [0.2, 0.25) is 0 Å². The van der Waals surface area contributed by atoms with Crippen molar-refractivity contribution in [3.05, 3.63) is 0 Å². The van der Waals surface area contributed by atoms with Crippen molar-refractivity contribution in [3.8, 4) is 6.07 Å². The Balaban J connectivity index is 3.59. The zero-order valence-corrected chi connectivity index (χ0v) is 7.90. The summed E-state index contributed by atoms with van der Waals surface area (Å²) in [6, 6.07) is 2.21. The number of hydrogen-bond donors (Lipinski definition) is 0. The molecule has 0 bridgehead atoms. The van der Waals surface area contributed by atoms with Gasteiger partial charge in [0.25, 0.3) is 0 Å². The topological polar surface area (TPSA) is 23.8 Å². The summed E-state index contributed by atoms with van der Waals surface area (Å²) in [6.45, 7) is 8.48. The van der Waals surface area contributed by atoms with Crippen LogP contribution in [0.25, 0.3) is 0 Å². The molecule has 0 aromatic carbocycles. The molecule has 2 atom stereocenters. The van der Waals surface area contributed by atoms with Crippen LogP contribution in [0, 0.1) is 17.2 Å². The molecule has 0 heterocycles. The fourth-order valence-electron chi connectivity index (χ4n) is 0.510. The monoisotopic (exact) mass is 157 g/mol. The summed E-state index contributed by atoms with van der Waals surface area (Å²) in [6.07, 6.45) is 0. The van der Waals surface area contributed by atoms with Gasteiger partial charge in [-0.15, -0.1) is 11.8 Å². The molecular formula is C8H15NS. The van der Waals surface area contributed by atoms with Crippen molar-refractivity contribution < 1.29 is 0 Å². The summed E-state index contributed by atoms with van der Waals surface area (Å²) in [5.74, 6) is 0.667. The third-order valence-corrected chi connectivity index (χ3v) is 3.03. The first kappa shape index (κ1) is 9.84. The summed E-state index contributed by atoms with van der Waals surface area (Å²) in [4.78, 5) is 0. The normalized spacial score (nSPS) is 16.4. The maximum atomic E-state index is 8.49. The lowest BCUT2D eigenvalue weighted by Crippen LogP contribution is -2.09. The lowest BCUT2D eigenvalue weighted by molar-refractivity contribution is 0.641. The van der Waals surface area contributed by atoms with Crippen LogP contribution in [0.15, 0.2) is 0 Å². The average molecular weight is 157 g/mol. The second-order valence-corrected chi connectivity index (χ2v) is 4.58. The molecule has 0 rings (SSSR count). The summed E-state index contributed by atoms with van der Waals surface area (Å²) >= 11 is 1.75. The van der Waals surface area contributed by atoms with E-state index in [9.17, 15) is 0 Å². The van der Waals surface area contributed by atoms with Gasteiger partial charge in [0.05, 0.1) is 11.3 Å². The van der Waals surface area contributed by atoms with Gasteiger partial charge in [-0.1, -0.05) is 20.8 Å². The van der Waals surface area contributed by atoms with E-state index in [4.69, 9.17) is 5.26 Å². The lowest BCUT2D eigenvalue weighted by Gasteiger charge is -2.15. The molecule has 2 heteroatoms. The molecule has 0 aliphatic rings. The highest BCUT2D eigenvalue weighted by atomic mass is 32.2. The highest BCUT2D eigenvalue weighted by Crippen LogP contribution is 2.22. The van der Waals surface area contributed by atoms with Crippen molar-refractivity contribution in [2.75, 3.05) is 0 Å². The minimum Gasteiger partial charge on any atom is -0.197 e. The Labute approximate surface area is 67.8 Å². The van der Waals surface area contributed by atoms with E-state index < -0.39 is 0 Å². The Bertz CT molecular complexity index is 126. The second-order valence-electron chi connectivity index (χ2n) is 2.86. The van der Waals surface area contributed by atoms with E-state index in [-0.39, 0.29) is 5.25 Å². The molecular weight excluding hydrogens is 142 g/mol. The third kappa shape index (κ3) is 3.79. The molecule has 0 saturated carbocycles. The maximum absolute atomic E-state index is 8.49. The minimum atomic E-state index is 0.136. The van der Waals surface area contributed by atoms with Crippen molar-refractivity contribution in [3.63, 3.8) is 0 Å². The highest BCUT2D eigenvalue weighted by molar-refractivity contribution is 8.00. The summed E-state index contributed by atoms with van der Waals surface area (Å²) in [5, 5.41) is 9.22. The lowest BCUT2D eigenvalue weighted by atomic mass is 10.2. The fourth-order valence-corrected chi connectivity index (χ4v) is 1.53. The maximum Gasteiger partial charge on any atom is 0.0891 e. The number of nitrogens with zero attached hydrogens (tertiary/aromatic N) is 1.